The summed E-state index contributed by atoms with van der Waals surface area (Å²) in [5, 5.41) is 13.2. The predicted octanol–water partition coefficient (Wildman–Crippen LogP) is 7.27. The van der Waals surface area contributed by atoms with Crippen LogP contribution in [0.3, 0.4) is 0 Å². The lowest BCUT2D eigenvalue weighted by Crippen LogP contribution is -2.59. The van der Waals surface area contributed by atoms with Crippen LogP contribution in [0, 0.1) is 0 Å². The summed E-state index contributed by atoms with van der Waals surface area (Å²) in [7, 11) is 3.00. The van der Waals surface area contributed by atoms with E-state index >= 15 is 0 Å². The van der Waals surface area contributed by atoms with Gasteiger partial charge in [-0.15, -0.1) is 0 Å². The van der Waals surface area contributed by atoms with Crippen LogP contribution in [0.2, 0.25) is 10.0 Å². The van der Waals surface area contributed by atoms with E-state index in [2.05, 4.69) is 30.9 Å². The molecule has 16 heteroatoms. The zero-order chi connectivity index (χ0) is 37.2. The Morgan fingerprint density at radius 2 is 1.77 bits per heavy atom. The maximum atomic E-state index is 13.8. The van der Waals surface area contributed by atoms with E-state index in [-0.39, 0.29) is 44.9 Å². The van der Waals surface area contributed by atoms with Gasteiger partial charge in [-0.3, -0.25) is 9.69 Å². The first kappa shape index (κ1) is 35.1. The minimum Gasteiger partial charge on any atom is -0.481 e. The lowest BCUT2D eigenvalue weighted by Gasteiger charge is -2.36. The Hall–Kier alpha value is -4.92. The first-order valence-electron chi connectivity index (χ1n) is 17.0. The van der Waals surface area contributed by atoms with E-state index in [0.29, 0.717) is 39.8 Å². The maximum absolute atomic E-state index is 13.8. The monoisotopic (exact) mass is 764 g/mol. The van der Waals surface area contributed by atoms with Gasteiger partial charge in [0.15, 0.2) is 0 Å². The first-order chi connectivity index (χ1) is 25.4. The molecule has 1 spiro atoms. The number of alkyl halides is 3. The number of methoxy groups -OCH3 is 1. The van der Waals surface area contributed by atoms with Gasteiger partial charge >= 0.3 is 12.2 Å². The smallest absolute Gasteiger partial charge is 0.433 e. The van der Waals surface area contributed by atoms with Crippen LogP contribution in [0.5, 0.6) is 5.88 Å². The standard InChI is InChI=1S/C37H33Cl2F3N8O3/c1-49-34(51)29-20(17-44-49)16-27(37(40,41)42)47-32(29)45-24-8-4-6-22(31(24)39)21-5-3-7-23(30(21)38)25-15-19-9-10-26(28(19)33(46-25)53-2)50-14-12-36(18-50)11-13-43-35(52)48-36/h3-8,15-17,26H,9-14,18H2,1-2H3,(H,45,47)(H2,43,48,52). The molecule has 2 fully saturated rings. The average molecular weight is 766 g/mol. The number of nitrogens with one attached hydrogen (secondary N) is 3. The number of urea groups is 1. The molecule has 11 nitrogen and oxygen atoms in total. The number of ether oxygens (including phenoxy) is 1. The molecular weight excluding hydrogens is 732 g/mol. The number of aromatic nitrogens is 4. The number of pyridine rings is 2. The highest BCUT2D eigenvalue weighted by Crippen LogP contribution is 2.47. The van der Waals surface area contributed by atoms with Crippen LogP contribution >= 0.6 is 23.2 Å². The van der Waals surface area contributed by atoms with E-state index in [1.807, 2.05) is 18.2 Å². The normalized spacial score (nSPS) is 20.1. The molecule has 2 amide bonds. The lowest BCUT2D eigenvalue weighted by molar-refractivity contribution is -0.141. The molecule has 2 unspecified atom stereocenters. The van der Waals surface area contributed by atoms with Gasteiger partial charge < -0.3 is 20.7 Å². The van der Waals surface area contributed by atoms with E-state index in [1.165, 1.54) is 13.2 Å². The molecule has 3 aliphatic rings. The fourth-order valence-corrected chi connectivity index (χ4v) is 8.47. The second-order valence-corrected chi connectivity index (χ2v) is 14.4. The summed E-state index contributed by atoms with van der Waals surface area (Å²) in [6.45, 7) is 2.27. The number of anilines is 2. The van der Waals surface area contributed by atoms with Gasteiger partial charge in [0.05, 0.1) is 45.7 Å². The zero-order valence-electron chi connectivity index (χ0n) is 28.6. The number of nitrogens with zero attached hydrogens (tertiary/aromatic N) is 5. The Balaban J connectivity index is 1.13. The summed E-state index contributed by atoms with van der Waals surface area (Å²) in [4.78, 5) is 36.3. The van der Waals surface area contributed by atoms with Crippen molar-refractivity contribution in [2.45, 2.75) is 43.4 Å². The number of rotatable bonds is 6. The number of amides is 2. The highest BCUT2D eigenvalue weighted by Gasteiger charge is 2.45. The van der Waals surface area contributed by atoms with Crippen LogP contribution < -0.4 is 26.2 Å². The molecule has 53 heavy (non-hydrogen) atoms. The summed E-state index contributed by atoms with van der Waals surface area (Å²) in [6, 6.07) is 13.3. The molecule has 274 valence electrons. The van der Waals surface area contributed by atoms with Crippen molar-refractivity contribution in [3.05, 3.63) is 91.9 Å². The van der Waals surface area contributed by atoms with Crippen LogP contribution in [0.4, 0.5) is 29.5 Å². The number of hydrogen-bond acceptors (Lipinski definition) is 8. The van der Waals surface area contributed by atoms with Gasteiger partial charge in [0.1, 0.15) is 11.5 Å². The van der Waals surface area contributed by atoms with Crippen LogP contribution in [-0.2, 0) is 19.6 Å². The van der Waals surface area contributed by atoms with Gasteiger partial charge in [0.25, 0.3) is 5.56 Å². The number of fused-ring (bicyclic) bond motifs is 2. The number of hydrogen-bond donors (Lipinski definition) is 3. The van der Waals surface area contributed by atoms with Crippen molar-refractivity contribution in [3.8, 4) is 28.3 Å². The first-order valence-corrected chi connectivity index (χ1v) is 17.8. The van der Waals surface area contributed by atoms with E-state index in [9.17, 15) is 22.8 Å². The molecule has 1 aliphatic carbocycles. The Morgan fingerprint density at radius 1 is 1.02 bits per heavy atom. The summed E-state index contributed by atoms with van der Waals surface area (Å²) in [5.41, 5.74) is 2.64. The second-order valence-electron chi connectivity index (χ2n) is 13.6. The van der Waals surface area contributed by atoms with Crippen molar-refractivity contribution in [3.63, 3.8) is 0 Å². The Kier molecular flexibility index (Phi) is 8.74. The third-order valence-corrected chi connectivity index (χ3v) is 11.3. The number of aryl methyl sites for hydroxylation is 2. The van der Waals surface area contributed by atoms with Crippen molar-refractivity contribution in [1.29, 1.82) is 0 Å². The second kappa shape index (κ2) is 13.2. The number of likely N-dealkylation sites (tertiary alicyclic amines) is 1. The Labute approximate surface area is 311 Å². The van der Waals surface area contributed by atoms with Crippen molar-refractivity contribution < 1.29 is 22.7 Å². The Bertz CT molecular complexity index is 2370. The van der Waals surface area contributed by atoms with E-state index in [0.717, 1.165) is 60.6 Å². The predicted molar refractivity (Wildman–Crippen MR) is 196 cm³/mol. The number of carbonyl (C=O) groups is 1. The lowest BCUT2D eigenvalue weighted by atomic mass is 9.93. The minimum atomic E-state index is -4.77. The molecule has 5 heterocycles. The summed E-state index contributed by atoms with van der Waals surface area (Å²) in [6.07, 6.45) is -0.133. The molecule has 0 bridgehead atoms. The molecule has 8 rings (SSSR count). The number of carbonyl (C=O) groups excluding carboxylic acids is 1. The van der Waals surface area contributed by atoms with Gasteiger partial charge in [-0.1, -0.05) is 53.5 Å². The molecule has 2 aromatic carbocycles. The van der Waals surface area contributed by atoms with Gasteiger partial charge in [-0.2, -0.15) is 18.3 Å². The zero-order valence-corrected chi connectivity index (χ0v) is 30.1. The highest BCUT2D eigenvalue weighted by atomic mass is 35.5. The summed E-state index contributed by atoms with van der Waals surface area (Å²) in [5.74, 6) is 0.206. The van der Waals surface area contributed by atoms with Crippen LogP contribution in [0.25, 0.3) is 33.2 Å². The van der Waals surface area contributed by atoms with Crippen molar-refractivity contribution in [2.24, 2.45) is 7.05 Å². The third kappa shape index (κ3) is 6.21. The van der Waals surface area contributed by atoms with Crippen LogP contribution in [-0.4, -0.2) is 63.0 Å². The largest absolute Gasteiger partial charge is 0.481 e. The average Bonchev–Trinajstić information content (AvgIpc) is 3.74. The fourth-order valence-electron chi connectivity index (χ4n) is 7.87. The quantitative estimate of drug-likeness (QED) is 0.165. The molecule has 2 aliphatic heterocycles. The maximum Gasteiger partial charge on any atom is 0.433 e. The highest BCUT2D eigenvalue weighted by molar-refractivity contribution is 6.39. The topological polar surface area (TPSA) is 126 Å². The molecule has 0 saturated carbocycles. The van der Waals surface area contributed by atoms with E-state index < -0.39 is 17.4 Å². The molecule has 2 atom stereocenters. The number of halogens is 5. The van der Waals surface area contributed by atoms with E-state index in [1.54, 1.807) is 31.4 Å². The van der Waals surface area contributed by atoms with Crippen LogP contribution in [0.1, 0.15) is 42.1 Å². The molecule has 3 N–H and O–H groups in total. The summed E-state index contributed by atoms with van der Waals surface area (Å²) >= 11 is 14.1. The molecule has 0 radical (unpaired) electrons. The van der Waals surface area contributed by atoms with Crippen LogP contribution in [0.15, 0.2) is 59.5 Å². The van der Waals surface area contributed by atoms with Crippen molar-refractivity contribution in [2.75, 3.05) is 32.1 Å². The van der Waals surface area contributed by atoms with Gasteiger partial charge in [0, 0.05) is 60.4 Å². The molecule has 5 aromatic rings. The third-order valence-electron chi connectivity index (χ3n) is 10.4. The molecular formula is C37H33Cl2F3N8O3. The molecule has 3 aromatic heterocycles. The number of benzene rings is 2. The summed E-state index contributed by atoms with van der Waals surface area (Å²) < 4.78 is 48.4. The van der Waals surface area contributed by atoms with Gasteiger partial charge in [0.2, 0.25) is 5.88 Å². The van der Waals surface area contributed by atoms with Crippen molar-refractivity contribution in [1.82, 2.24) is 35.3 Å². The molecule has 2 saturated heterocycles. The van der Waals surface area contributed by atoms with Gasteiger partial charge in [-0.05, 0) is 49.4 Å². The van der Waals surface area contributed by atoms with Gasteiger partial charge in [-0.25, -0.2) is 19.4 Å². The fraction of sp³-hybridized carbons (Fsp3) is 0.324. The minimum absolute atomic E-state index is 0.0239. The van der Waals surface area contributed by atoms with E-state index in [4.69, 9.17) is 32.9 Å². The SMILES string of the molecule is COc1nc(-c2cccc(-c3cccc(Nc4nc(C(F)(F)F)cc5cnn(C)c(=O)c45)c3Cl)c2Cl)cc2c1C(N1CCC3(CCNC(=O)N3)C1)CC2. The van der Waals surface area contributed by atoms with Crippen molar-refractivity contribution >= 4 is 51.5 Å². The Morgan fingerprint density at radius 3 is 2.53 bits per heavy atom.